The number of benzene rings is 2. The van der Waals surface area contributed by atoms with E-state index in [-0.39, 0.29) is 10.3 Å². The molecular weight excluding hydrogens is 392 g/mol. The molecule has 0 aliphatic carbocycles. The van der Waals surface area contributed by atoms with E-state index < -0.39 is 11.5 Å². The first kappa shape index (κ1) is 20.6. The summed E-state index contributed by atoms with van der Waals surface area (Å²) in [6.45, 7) is 6.66. The zero-order valence-electron chi connectivity index (χ0n) is 16.5. The minimum absolute atomic E-state index is 0.0171. The molecule has 0 radical (unpaired) electrons. The van der Waals surface area contributed by atoms with Gasteiger partial charge in [-0.15, -0.1) is 0 Å². The summed E-state index contributed by atoms with van der Waals surface area (Å²) in [5, 5.41) is 0.371. The molecule has 29 heavy (non-hydrogen) atoms. The van der Waals surface area contributed by atoms with E-state index >= 15 is 0 Å². The van der Waals surface area contributed by atoms with Gasteiger partial charge in [0.1, 0.15) is 0 Å². The monoisotopic (exact) mass is 414 g/mol. The molecule has 2 aromatic carbocycles. The molecule has 0 spiro atoms. The number of nitrogens with one attached hydrogen (secondary N) is 1. The number of fused-ring (bicyclic) bond motifs is 1. The largest absolute Gasteiger partial charge is 0.490 e. The van der Waals surface area contributed by atoms with Crippen LogP contribution in [0.25, 0.3) is 10.9 Å². The molecule has 0 aliphatic rings. The van der Waals surface area contributed by atoms with Crippen molar-refractivity contribution in [3.05, 3.63) is 57.1 Å². The third kappa shape index (κ3) is 4.02. The Morgan fingerprint density at radius 2 is 1.59 bits per heavy atom. The summed E-state index contributed by atoms with van der Waals surface area (Å²) in [5.74, 6) is 0.579. The highest BCUT2D eigenvalue weighted by Crippen LogP contribution is 2.39. The predicted octanol–water partition coefficient (Wildman–Crippen LogP) is 3.94. The standard InChI is InChI=1S/C21H22N2O5S/c1-4-26-16-11-13(12-17(27-5-2)18(16)28-6-3)19(24)23-20(25)14-9-7-8-10-15(14)22-21(23)29/h7-12H,4-6H2,1-3H3,(H,22,29). The number of aromatic nitrogens is 2. The molecule has 3 aromatic rings. The zero-order chi connectivity index (χ0) is 21.0. The number of carbonyl (C=O) groups excluding carboxylic acids is 1. The van der Waals surface area contributed by atoms with E-state index in [1.165, 1.54) is 12.1 Å². The van der Waals surface area contributed by atoms with E-state index in [9.17, 15) is 9.59 Å². The number of para-hydroxylation sites is 1. The molecule has 1 heterocycles. The number of aromatic amines is 1. The fraction of sp³-hybridized carbons (Fsp3) is 0.286. The summed E-state index contributed by atoms with van der Waals surface area (Å²) in [5.41, 5.74) is 0.291. The van der Waals surface area contributed by atoms with Crippen molar-refractivity contribution in [1.29, 1.82) is 0 Å². The van der Waals surface area contributed by atoms with Crippen LogP contribution in [0, 0.1) is 4.77 Å². The smallest absolute Gasteiger partial charge is 0.269 e. The molecule has 152 valence electrons. The lowest BCUT2D eigenvalue weighted by atomic mass is 10.1. The first-order valence-electron chi connectivity index (χ1n) is 9.36. The maximum atomic E-state index is 13.2. The van der Waals surface area contributed by atoms with Crippen LogP contribution in [0.1, 0.15) is 31.1 Å². The van der Waals surface area contributed by atoms with Crippen LogP contribution in [0.2, 0.25) is 0 Å². The molecule has 0 aliphatic heterocycles. The van der Waals surface area contributed by atoms with Gasteiger partial charge in [-0.05, 0) is 57.3 Å². The fourth-order valence-electron chi connectivity index (χ4n) is 2.99. The lowest BCUT2D eigenvalue weighted by Gasteiger charge is -2.17. The number of hydrogen-bond acceptors (Lipinski definition) is 6. The molecule has 1 N–H and O–H groups in total. The molecule has 0 unspecified atom stereocenters. The molecular formula is C21H22N2O5S. The summed E-state index contributed by atoms with van der Waals surface area (Å²) in [4.78, 5) is 29.1. The maximum Gasteiger partial charge on any atom is 0.269 e. The highest BCUT2D eigenvalue weighted by molar-refractivity contribution is 7.71. The third-order valence-corrected chi connectivity index (χ3v) is 4.45. The van der Waals surface area contributed by atoms with Crippen LogP contribution < -0.4 is 19.8 Å². The fourth-order valence-corrected chi connectivity index (χ4v) is 3.26. The van der Waals surface area contributed by atoms with Gasteiger partial charge in [-0.1, -0.05) is 12.1 Å². The minimum Gasteiger partial charge on any atom is -0.490 e. The van der Waals surface area contributed by atoms with Crippen molar-refractivity contribution in [2.24, 2.45) is 0 Å². The van der Waals surface area contributed by atoms with Crippen molar-refractivity contribution in [2.75, 3.05) is 19.8 Å². The van der Waals surface area contributed by atoms with Crippen molar-refractivity contribution in [1.82, 2.24) is 9.55 Å². The van der Waals surface area contributed by atoms with E-state index in [0.29, 0.717) is 48.0 Å². The second-order valence-electron chi connectivity index (χ2n) is 6.02. The molecule has 0 saturated heterocycles. The summed E-state index contributed by atoms with van der Waals surface area (Å²) in [7, 11) is 0. The Morgan fingerprint density at radius 1 is 1.00 bits per heavy atom. The third-order valence-electron chi connectivity index (χ3n) is 4.16. The van der Waals surface area contributed by atoms with Crippen LogP contribution in [0.5, 0.6) is 17.2 Å². The lowest BCUT2D eigenvalue weighted by Crippen LogP contribution is -2.29. The van der Waals surface area contributed by atoms with E-state index in [2.05, 4.69) is 4.98 Å². The normalized spacial score (nSPS) is 10.7. The van der Waals surface area contributed by atoms with E-state index in [0.717, 1.165) is 4.57 Å². The number of rotatable bonds is 7. The topological polar surface area (TPSA) is 82.6 Å². The molecule has 0 amide bonds. The Kier molecular flexibility index (Phi) is 6.33. The van der Waals surface area contributed by atoms with Crippen molar-refractivity contribution in [3.8, 4) is 17.2 Å². The van der Waals surface area contributed by atoms with Crippen molar-refractivity contribution >= 4 is 29.0 Å². The van der Waals surface area contributed by atoms with Gasteiger partial charge in [0.05, 0.1) is 30.7 Å². The van der Waals surface area contributed by atoms with Crippen LogP contribution in [0.15, 0.2) is 41.2 Å². The Morgan fingerprint density at radius 3 is 2.17 bits per heavy atom. The number of hydrogen-bond donors (Lipinski definition) is 1. The highest BCUT2D eigenvalue weighted by atomic mass is 32.1. The Bertz CT molecular complexity index is 1140. The van der Waals surface area contributed by atoms with E-state index in [4.69, 9.17) is 26.4 Å². The number of nitrogens with zero attached hydrogens (tertiary/aromatic N) is 1. The van der Waals surface area contributed by atoms with Gasteiger partial charge in [-0.2, -0.15) is 0 Å². The van der Waals surface area contributed by atoms with E-state index in [1.807, 2.05) is 20.8 Å². The number of ether oxygens (including phenoxy) is 3. The Labute approximate surface area is 172 Å². The molecule has 8 heteroatoms. The molecule has 0 fully saturated rings. The molecule has 1 aromatic heterocycles. The average Bonchev–Trinajstić information content (AvgIpc) is 2.70. The Hall–Kier alpha value is -3.13. The van der Waals surface area contributed by atoms with Crippen LogP contribution in [0.4, 0.5) is 0 Å². The molecule has 3 rings (SSSR count). The van der Waals surface area contributed by atoms with Gasteiger partial charge in [-0.25, -0.2) is 4.57 Å². The number of carbonyl (C=O) groups is 1. The van der Waals surface area contributed by atoms with Crippen LogP contribution in [-0.4, -0.2) is 35.3 Å². The quantitative estimate of drug-likeness (QED) is 0.590. The van der Waals surface area contributed by atoms with Crippen molar-refractivity contribution in [3.63, 3.8) is 0 Å². The highest BCUT2D eigenvalue weighted by Gasteiger charge is 2.21. The van der Waals surface area contributed by atoms with Gasteiger partial charge in [-0.3, -0.25) is 9.59 Å². The SMILES string of the molecule is CCOc1cc(C(=O)n2c(=S)[nH]c3ccccc3c2=O)cc(OCC)c1OCC. The number of H-pyrrole nitrogens is 1. The zero-order valence-corrected chi connectivity index (χ0v) is 17.3. The molecule has 0 bridgehead atoms. The average molecular weight is 414 g/mol. The maximum absolute atomic E-state index is 13.2. The van der Waals surface area contributed by atoms with Crippen LogP contribution in [0.3, 0.4) is 0 Å². The summed E-state index contributed by atoms with van der Waals surface area (Å²) >= 11 is 5.28. The first-order valence-corrected chi connectivity index (χ1v) is 9.77. The van der Waals surface area contributed by atoms with Gasteiger partial charge in [0.15, 0.2) is 16.3 Å². The predicted molar refractivity (Wildman–Crippen MR) is 113 cm³/mol. The van der Waals surface area contributed by atoms with Gasteiger partial charge < -0.3 is 19.2 Å². The van der Waals surface area contributed by atoms with Crippen molar-refractivity contribution < 1.29 is 19.0 Å². The second kappa shape index (κ2) is 8.91. The second-order valence-corrected chi connectivity index (χ2v) is 6.41. The molecule has 0 saturated carbocycles. The van der Waals surface area contributed by atoms with Gasteiger partial charge >= 0.3 is 0 Å². The van der Waals surface area contributed by atoms with E-state index in [1.54, 1.807) is 24.3 Å². The van der Waals surface area contributed by atoms with Crippen LogP contribution in [-0.2, 0) is 0 Å². The first-order chi connectivity index (χ1) is 14.0. The summed E-state index contributed by atoms with van der Waals surface area (Å²) < 4.78 is 17.9. The van der Waals surface area contributed by atoms with Gasteiger partial charge in [0.2, 0.25) is 5.75 Å². The van der Waals surface area contributed by atoms with Gasteiger partial charge in [0.25, 0.3) is 11.5 Å². The molecule has 0 atom stereocenters. The molecule has 7 nitrogen and oxygen atoms in total. The minimum atomic E-state index is -0.577. The van der Waals surface area contributed by atoms with Crippen LogP contribution >= 0.6 is 12.2 Å². The van der Waals surface area contributed by atoms with Crippen molar-refractivity contribution in [2.45, 2.75) is 20.8 Å². The summed E-state index contributed by atoms with van der Waals surface area (Å²) in [6.07, 6.45) is 0. The lowest BCUT2D eigenvalue weighted by molar-refractivity contribution is 0.0952. The summed E-state index contributed by atoms with van der Waals surface area (Å²) in [6, 6.07) is 9.97. The Balaban J connectivity index is 2.20. The van der Waals surface area contributed by atoms with Gasteiger partial charge in [0, 0.05) is 5.56 Å².